The van der Waals surface area contributed by atoms with Gasteiger partial charge in [-0.3, -0.25) is 4.55 Å². The monoisotopic (exact) mass is 288 g/mol. The maximum absolute atomic E-state index is 10.8. The van der Waals surface area contributed by atoms with Gasteiger partial charge in [0.1, 0.15) is 11.4 Å². The van der Waals surface area contributed by atoms with Crippen molar-refractivity contribution in [3.8, 4) is 5.75 Å². The Balaban J connectivity index is 2.43. The molecule has 0 saturated heterocycles. The van der Waals surface area contributed by atoms with Crippen LogP contribution in [0.5, 0.6) is 5.75 Å². The number of benzene rings is 1. The molecular weight excluding hydrogens is 268 g/mol. The van der Waals surface area contributed by atoms with Gasteiger partial charge in [0.05, 0.1) is 6.61 Å². The zero-order chi connectivity index (χ0) is 14.5. The first kappa shape index (κ1) is 15.9. The molecule has 0 fully saturated rings. The van der Waals surface area contributed by atoms with Crippen LogP contribution in [0.1, 0.15) is 27.2 Å². The van der Waals surface area contributed by atoms with Gasteiger partial charge in [0, 0.05) is 6.42 Å². The van der Waals surface area contributed by atoms with Crippen molar-refractivity contribution in [1.82, 2.24) is 0 Å². The topological polar surface area (TPSA) is 72.8 Å². The van der Waals surface area contributed by atoms with E-state index >= 15 is 0 Å². The summed E-state index contributed by atoms with van der Waals surface area (Å²) in [4.78, 5) is 0. The van der Waals surface area contributed by atoms with Gasteiger partial charge in [0.25, 0.3) is 10.1 Å². The van der Waals surface area contributed by atoms with E-state index in [2.05, 4.69) is 0 Å². The second-order valence-corrected chi connectivity index (χ2v) is 6.57. The molecule has 0 spiro atoms. The zero-order valence-electron chi connectivity index (χ0n) is 11.4. The molecule has 0 heterocycles. The lowest BCUT2D eigenvalue weighted by Gasteiger charge is -2.26. The van der Waals surface area contributed by atoms with Crippen LogP contribution in [0.4, 0.5) is 0 Å². The Labute approximate surface area is 114 Å². The summed E-state index contributed by atoms with van der Waals surface area (Å²) in [5.74, 6) is 0.746. The molecule has 1 N–H and O–H groups in total. The van der Waals surface area contributed by atoms with Crippen molar-refractivity contribution in [3.05, 3.63) is 30.3 Å². The van der Waals surface area contributed by atoms with E-state index in [4.69, 9.17) is 14.0 Å². The Hall–Kier alpha value is -1.11. The van der Waals surface area contributed by atoms with Gasteiger partial charge in [-0.15, -0.1) is 0 Å². The van der Waals surface area contributed by atoms with Crippen molar-refractivity contribution < 1.29 is 22.4 Å². The molecule has 108 valence electrons. The van der Waals surface area contributed by atoms with Crippen LogP contribution in [0.3, 0.4) is 0 Å². The molecule has 0 aliphatic heterocycles. The van der Waals surface area contributed by atoms with Gasteiger partial charge >= 0.3 is 0 Å². The summed E-state index contributed by atoms with van der Waals surface area (Å²) in [5, 5.41) is 0. The van der Waals surface area contributed by atoms with Crippen molar-refractivity contribution in [2.45, 2.75) is 38.2 Å². The lowest BCUT2D eigenvalue weighted by Crippen LogP contribution is -2.31. The molecule has 1 aromatic rings. The number of hydrogen-bond donors (Lipinski definition) is 1. The molecule has 1 atom stereocenters. The van der Waals surface area contributed by atoms with Crippen LogP contribution in [-0.4, -0.2) is 30.6 Å². The van der Waals surface area contributed by atoms with Crippen molar-refractivity contribution in [1.29, 1.82) is 0 Å². The Morgan fingerprint density at radius 2 is 1.84 bits per heavy atom. The van der Waals surface area contributed by atoms with E-state index in [0.717, 1.165) is 5.75 Å². The normalized spacial score (nSPS) is 14.1. The van der Waals surface area contributed by atoms with Gasteiger partial charge in [0.15, 0.2) is 5.44 Å². The third kappa shape index (κ3) is 6.04. The zero-order valence-corrected chi connectivity index (χ0v) is 12.2. The molecule has 0 bridgehead atoms. The van der Waals surface area contributed by atoms with Crippen molar-refractivity contribution in [2.24, 2.45) is 0 Å². The molecule has 1 aromatic carbocycles. The van der Waals surface area contributed by atoms with Gasteiger partial charge in [-0.25, -0.2) is 0 Å². The molecular formula is C13H20O5S. The van der Waals surface area contributed by atoms with Gasteiger partial charge in [-0.1, -0.05) is 18.2 Å². The van der Waals surface area contributed by atoms with Crippen LogP contribution in [0.2, 0.25) is 0 Å². The SMILES string of the molecule is CC(OCCC(C)(C)Oc1ccccc1)S(=O)(=O)O. The van der Waals surface area contributed by atoms with Gasteiger partial charge in [0.2, 0.25) is 0 Å². The van der Waals surface area contributed by atoms with Crippen LogP contribution in [0.25, 0.3) is 0 Å². The largest absolute Gasteiger partial charge is 0.488 e. The fourth-order valence-corrected chi connectivity index (χ4v) is 1.68. The summed E-state index contributed by atoms with van der Waals surface area (Å²) < 4.78 is 41.2. The van der Waals surface area contributed by atoms with E-state index in [1.807, 2.05) is 44.2 Å². The first-order valence-electron chi connectivity index (χ1n) is 6.03. The lowest BCUT2D eigenvalue weighted by molar-refractivity contribution is 0.0379. The minimum absolute atomic E-state index is 0.181. The summed E-state index contributed by atoms with van der Waals surface area (Å²) in [6, 6.07) is 9.36. The van der Waals surface area contributed by atoms with Crippen LogP contribution >= 0.6 is 0 Å². The van der Waals surface area contributed by atoms with Crippen molar-refractivity contribution >= 4 is 10.1 Å². The van der Waals surface area contributed by atoms with E-state index in [1.54, 1.807) is 0 Å². The highest BCUT2D eigenvalue weighted by molar-refractivity contribution is 7.86. The molecule has 0 saturated carbocycles. The van der Waals surface area contributed by atoms with E-state index in [1.165, 1.54) is 6.92 Å². The lowest BCUT2D eigenvalue weighted by atomic mass is 10.1. The predicted molar refractivity (Wildman–Crippen MR) is 72.7 cm³/mol. The Morgan fingerprint density at radius 3 is 2.37 bits per heavy atom. The highest BCUT2D eigenvalue weighted by Gasteiger charge is 2.22. The highest BCUT2D eigenvalue weighted by atomic mass is 32.2. The molecule has 0 aliphatic rings. The van der Waals surface area contributed by atoms with E-state index < -0.39 is 21.2 Å². The Bertz CT molecular complexity index is 481. The molecule has 0 amide bonds. The number of hydrogen-bond acceptors (Lipinski definition) is 4. The average molecular weight is 288 g/mol. The first-order chi connectivity index (χ1) is 8.71. The van der Waals surface area contributed by atoms with Gasteiger partial charge < -0.3 is 9.47 Å². The molecule has 5 nitrogen and oxygen atoms in total. The molecule has 6 heteroatoms. The summed E-state index contributed by atoms with van der Waals surface area (Å²) in [5.41, 5.74) is -1.71. The molecule has 0 radical (unpaired) electrons. The molecule has 0 aromatic heterocycles. The fourth-order valence-electron chi connectivity index (χ4n) is 1.42. The maximum Gasteiger partial charge on any atom is 0.291 e. The Morgan fingerprint density at radius 1 is 1.26 bits per heavy atom. The standard InChI is InChI=1S/C13H20O5S/c1-11(19(14,15)16)17-10-9-13(2,3)18-12-7-5-4-6-8-12/h4-8,11H,9-10H2,1-3H3,(H,14,15,16). The number of rotatable bonds is 7. The average Bonchev–Trinajstić information content (AvgIpc) is 2.28. The third-order valence-electron chi connectivity index (χ3n) is 2.61. The van der Waals surface area contributed by atoms with E-state index in [0.29, 0.717) is 6.42 Å². The van der Waals surface area contributed by atoms with Crippen molar-refractivity contribution in [3.63, 3.8) is 0 Å². The number of para-hydroxylation sites is 1. The molecule has 1 rings (SSSR count). The van der Waals surface area contributed by atoms with Gasteiger partial charge in [-0.2, -0.15) is 8.42 Å². The Kier molecular flexibility index (Phi) is 5.34. The second kappa shape index (κ2) is 6.36. The first-order valence-corrected chi connectivity index (χ1v) is 7.53. The molecule has 1 unspecified atom stereocenters. The summed E-state index contributed by atoms with van der Waals surface area (Å²) in [7, 11) is -4.14. The smallest absolute Gasteiger partial charge is 0.291 e. The van der Waals surface area contributed by atoms with E-state index in [-0.39, 0.29) is 6.61 Å². The predicted octanol–water partition coefficient (Wildman–Crippen LogP) is 2.48. The third-order valence-corrected chi connectivity index (χ3v) is 3.59. The van der Waals surface area contributed by atoms with Crippen LogP contribution in [-0.2, 0) is 14.9 Å². The minimum atomic E-state index is -4.14. The van der Waals surface area contributed by atoms with Crippen molar-refractivity contribution in [2.75, 3.05) is 6.61 Å². The summed E-state index contributed by atoms with van der Waals surface area (Å²) in [6.45, 7) is 5.25. The van der Waals surface area contributed by atoms with Crippen LogP contribution in [0, 0.1) is 0 Å². The summed E-state index contributed by atoms with van der Waals surface area (Å²) in [6.07, 6.45) is 0.502. The second-order valence-electron chi connectivity index (χ2n) is 4.88. The quantitative estimate of drug-likeness (QED) is 0.780. The molecule has 0 aliphatic carbocycles. The fraction of sp³-hybridized carbons (Fsp3) is 0.538. The maximum atomic E-state index is 10.8. The highest BCUT2D eigenvalue weighted by Crippen LogP contribution is 2.20. The minimum Gasteiger partial charge on any atom is -0.488 e. The summed E-state index contributed by atoms with van der Waals surface area (Å²) >= 11 is 0. The molecule has 19 heavy (non-hydrogen) atoms. The van der Waals surface area contributed by atoms with Crippen LogP contribution in [0.15, 0.2) is 30.3 Å². The van der Waals surface area contributed by atoms with E-state index in [9.17, 15) is 8.42 Å². The number of ether oxygens (including phenoxy) is 2. The van der Waals surface area contributed by atoms with Gasteiger partial charge in [-0.05, 0) is 32.9 Å². The van der Waals surface area contributed by atoms with Crippen LogP contribution < -0.4 is 4.74 Å².